The minimum atomic E-state index is -3.86. The van der Waals surface area contributed by atoms with Gasteiger partial charge in [-0.25, -0.2) is 23.2 Å². The molecule has 2 aliphatic heterocycles. The average Bonchev–Trinajstić information content (AvgIpc) is 3.19. The normalized spacial score (nSPS) is 19.4. The lowest BCUT2D eigenvalue weighted by molar-refractivity contribution is -0.137. The third-order valence-electron chi connectivity index (χ3n) is 5.94. The van der Waals surface area contributed by atoms with E-state index in [0.717, 1.165) is 0 Å². The van der Waals surface area contributed by atoms with Gasteiger partial charge in [0.2, 0.25) is 15.0 Å². The van der Waals surface area contributed by atoms with Crippen LogP contribution in [0.4, 0.5) is 16.3 Å². The van der Waals surface area contributed by atoms with Crippen LogP contribution < -0.4 is 9.80 Å². The number of urea groups is 1. The molecule has 9 nitrogen and oxygen atoms in total. The predicted molar refractivity (Wildman–Crippen MR) is 135 cm³/mol. The largest absolute Gasteiger partial charge is 0.348 e. The molecule has 0 aliphatic carbocycles. The zero-order valence-electron chi connectivity index (χ0n) is 19.8. The minimum absolute atomic E-state index is 0.116. The molecule has 1 atom stereocenters. The lowest BCUT2D eigenvalue weighted by atomic mass is 10.1. The fraction of sp³-hybridized carbons (Fsp3) is 0.320. The molecule has 0 bridgehead atoms. The number of hydrogen-bond acceptors (Lipinski definition) is 7. The number of carbonyl (C=O) groups is 1. The topological polar surface area (TPSA) is 102 Å². The van der Waals surface area contributed by atoms with Crippen molar-refractivity contribution in [1.82, 2.24) is 9.97 Å². The van der Waals surface area contributed by atoms with Gasteiger partial charge in [0.05, 0.1) is 36.2 Å². The van der Waals surface area contributed by atoms with Gasteiger partial charge in [0.15, 0.2) is 5.79 Å². The number of fused-ring (bicyclic) bond motifs is 1. The zero-order valence-corrected chi connectivity index (χ0v) is 21.4. The van der Waals surface area contributed by atoms with Crippen LogP contribution in [-0.4, -0.2) is 49.5 Å². The maximum absolute atomic E-state index is 13.7. The number of nitrogens with zero attached hydrogens (tertiary/aromatic N) is 4. The van der Waals surface area contributed by atoms with E-state index in [0.29, 0.717) is 21.8 Å². The summed E-state index contributed by atoms with van der Waals surface area (Å²) in [6.07, 6.45) is 1.03. The van der Waals surface area contributed by atoms with Crippen LogP contribution >= 0.6 is 11.6 Å². The number of rotatable bonds is 6. The molecule has 11 heteroatoms. The van der Waals surface area contributed by atoms with Crippen molar-refractivity contribution in [2.75, 3.05) is 23.0 Å². The standard InChI is InChI=1S/C25H25ClN4O5S/c1-25(2)34-15-19(35-25)14-30-22-18(13-29(24(30)31)21-11-7-6-10-20(21)26)12-27-23(28-22)36(32,33)16-17-8-4-3-5-9-17/h3-12,19H,13-16H2,1-2H3/t19-/m0/s1. The fourth-order valence-corrected chi connectivity index (χ4v) is 5.73. The van der Waals surface area contributed by atoms with Crippen LogP contribution in [-0.2, 0) is 31.6 Å². The molecule has 2 aliphatic rings. The Morgan fingerprint density at radius 3 is 2.53 bits per heavy atom. The van der Waals surface area contributed by atoms with Gasteiger partial charge in [-0.15, -0.1) is 0 Å². The first-order chi connectivity index (χ1) is 17.1. The van der Waals surface area contributed by atoms with Crippen molar-refractivity contribution in [3.63, 3.8) is 0 Å². The van der Waals surface area contributed by atoms with Crippen LogP contribution in [0, 0.1) is 0 Å². The number of benzene rings is 2. The van der Waals surface area contributed by atoms with E-state index >= 15 is 0 Å². The maximum atomic E-state index is 13.7. The van der Waals surface area contributed by atoms with E-state index in [1.807, 2.05) is 6.07 Å². The zero-order chi connectivity index (χ0) is 25.5. The van der Waals surface area contributed by atoms with E-state index in [1.165, 1.54) is 16.0 Å². The molecule has 0 radical (unpaired) electrons. The average molecular weight is 529 g/mol. The Hall–Kier alpha value is -3.05. The van der Waals surface area contributed by atoms with Gasteiger partial charge in [-0.1, -0.05) is 54.1 Å². The van der Waals surface area contributed by atoms with E-state index in [9.17, 15) is 13.2 Å². The molecule has 0 N–H and O–H groups in total. The summed E-state index contributed by atoms with van der Waals surface area (Å²) in [6, 6.07) is 15.5. The highest BCUT2D eigenvalue weighted by Crippen LogP contribution is 2.35. The molecule has 1 fully saturated rings. The van der Waals surface area contributed by atoms with Gasteiger partial charge in [-0.2, -0.15) is 0 Å². The van der Waals surface area contributed by atoms with Gasteiger partial charge in [0, 0.05) is 11.8 Å². The van der Waals surface area contributed by atoms with Crippen LogP contribution in [0.3, 0.4) is 0 Å². The highest BCUT2D eigenvalue weighted by atomic mass is 35.5. The maximum Gasteiger partial charge on any atom is 0.330 e. The SMILES string of the molecule is CC1(C)OC[C@H](CN2C(=O)N(c3ccccc3Cl)Cc3cnc(S(=O)(=O)Cc4ccccc4)nc32)O1. The molecule has 3 aromatic rings. The summed E-state index contributed by atoms with van der Waals surface area (Å²) < 4.78 is 37.9. The number of para-hydroxylation sites is 1. The van der Waals surface area contributed by atoms with Gasteiger partial charge < -0.3 is 9.47 Å². The molecule has 1 aromatic heterocycles. The summed E-state index contributed by atoms with van der Waals surface area (Å²) >= 11 is 6.40. The van der Waals surface area contributed by atoms with Gasteiger partial charge in [0.1, 0.15) is 11.9 Å². The second kappa shape index (κ2) is 9.44. The Morgan fingerprint density at radius 1 is 1.11 bits per heavy atom. The smallest absolute Gasteiger partial charge is 0.330 e. The summed E-state index contributed by atoms with van der Waals surface area (Å²) in [6.45, 7) is 4.13. The Morgan fingerprint density at radius 2 is 1.83 bits per heavy atom. The van der Waals surface area contributed by atoms with Crippen molar-refractivity contribution >= 4 is 39.0 Å². The van der Waals surface area contributed by atoms with Gasteiger partial charge in [0.25, 0.3) is 0 Å². The summed E-state index contributed by atoms with van der Waals surface area (Å²) in [5.74, 6) is -0.803. The molecular weight excluding hydrogens is 504 g/mol. The van der Waals surface area contributed by atoms with Crippen molar-refractivity contribution < 1.29 is 22.7 Å². The number of hydrogen-bond donors (Lipinski definition) is 0. The third-order valence-corrected chi connectivity index (χ3v) is 7.73. The van der Waals surface area contributed by atoms with E-state index < -0.39 is 27.8 Å². The molecule has 36 heavy (non-hydrogen) atoms. The number of anilines is 2. The number of ether oxygens (including phenoxy) is 2. The van der Waals surface area contributed by atoms with Crippen molar-refractivity contribution in [3.8, 4) is 0 Å². The van der Waals surface area contributed by atoms with E-state index in [-0.39, 0.29) is 36.4 Å². The second-order valence-corrected chi connectivity index (χ2v) is 11.4. The van der Waals surface area contributed by atoms with Crippen molar-refractivity contribution in [2.45, 2.75) is 43.2 Å². The second-order valence-electron chi connectivity index (χ2n) is 9.13. The fourth-order valence-electron chi connectivity index (χ4n) is 4.29. The van der Waals surface area contributed by atoms with Gasteiger partial charge in [-0.05, 0) is 31.5 Å². The molecule has 188 valence electrons. The van der Waals surface area contributed by atoms with E-state index in [4.69, 9.17) is 21.1 Å². The van der Waals surface area contributed by atoms with Gasteiger partial charge >= 0.3 is 6.03 Å². The number of halogens is 1. The lowest BCUT2D eigenvalue weighted by Gasteiger charge is -2.37. The van der Waals surface area contributed by atoms with Crippen LogP contribution in [0.5, 0.6) is 0 Å². The van der Waals surface area contributed by atoms with Crippen molar-refractivity contribution in [1.29, 1.82) is 0 Å². The molecular formula is C25H25ClN4O5S. The molecule has 3 heterocycles. The summed E-state index contributed by atoms with van der Waals surface area (Å²) in [5, 5.41) is 0.0804. The summed E-state index contributed by atoms with van der Waals surface area (Å²) in [4.78, 5) is 25.2. The monoisotopic (exact) mass is 528 g/mol. The Labute approximate surface area is 214 Å². The minimum Gasteiger partial charge on any atom is -0.348 e. The first-order valence-electron chi connectivity index (χ1n) is 11.4. The summed E-state index contributed by atoms with van der Waals surface area (Å²) in [5.41, 5.74) is 1.74. The number of amides is 2. The van der Waals surface area contributed by atoms with Gasteiger partial charge in [-0.3, -0.25) is 9.80 Å². The first-order valence-corrected chi connectivity index (χ1v) is 13.4. The van der Waals surface area contributed by atoms with Crippen molar-refractivity contribution in [3.05, 3.63) is 76.9 Å². The van der Waals surface area contributed by atoms with E-state index in [2.05, 4.69) is 9.97 Å². The first kappa shape index (κ1) is 24.6. The number of aromatic nitrogens is 2. The molecule has 0 unspecified atom stereocenters. The van der Waals surface area contributed by atoms with Crippen molar-refractivity contribution in [2.24, 2.45) is 0 Å². The van der Waals surface area contributed by atoms with Crippen LogP contribution in [0.1, 0.15) is 25.0 Å². The molecule has 1 saturated heterocycles. The quantitative estimate of drug-likeness (QED) is 0.442. The molecule has 0 saturated carbocycles. The Balaban J connectivity index is 1.53. The summed E-state index contributed by atoms with van der Waals surface area (Å²) in [7, 11) is -3.86. The molecule has 5 rings (SSSR count). The third kappa shape index (κ3) is 4.94. The molecule has 2 aromatic carbocycles. The highest BCUT2D eigenvalue weighted by molar-refractivity contribution is 7.90. The predicted octanol–water partition coefficient (Wildman–Crippen LogP) is 4.20. The molecule has 0 spiro atoms. The van der Waals surface area contributed by atoms with Crippen LogP contribution in [0.15, 0.2) is 66.0 Å². The Bertz CT molecular complexity index is 1400. The molecule has 2 amide bonds. The van der Waals surface area contributed by atoms with E-state index in [1.54, 1.807) is 62.4 Å². The Kier molecular flexibility index (Phi) is 6.46. The number of sulfone groups is 1. The van der Waals surface area contributed by atoms with Crippen LogP contribution in [0.2, 0.25) is 5.02 Å². The lowest BCUT2D eigenvalue weighted by Crippen LogP contribution is -2.51. The number of carbonyl (C=O) groups excluding carboxylic acids is 1. The van der Waals surface area contributed by atoms with Crippen LogP contribution in [0.25, 0.3) is 0 Å². The highest BCUT2D eigenvalue weighted by Gasteiger charge is 2.40.